The van der Waals surface area contributed by atoms with Crippen molar-refractivity contribution in [1.29, 1.82) is 0 Å². The van der Waals surface area contributed by atoms with Gasteiger partial charge in [-0.2, -0.15) is 0 Å². The summed E-state index contributed by atoms with van der Waals surface area (Å²) in [4.78, 5) is 12.1. The topological polar surface area (TPSA) is 41.1 Å². The summed E-state index contributed by atoms with van der Waals surface area (Å²) in [5.74, 6) is -0.138. The van der Waals surface area contributed by atoms with E-state index < -0.39 is 0 Å². The highest BCUT2D eigenvalue weighted by molar-refractivity contribution is 6.42. The van der Waals surface area contributed by atoms with Crippen LogP contribution in [0.1, 0.15) is 10.4 Å². The van der Waals surface area contributed by atoms with Crippen molar-refractivity contribution < 1.29 is 4.79 Å². The van der Waals surface area contributed by atoms with E-state index in [9.17, 15) is 4.79 Å². The largest absolute Gasteiger partial charge is 0.355 e. The van der Waals surface area contributed by atoms with Crippen molar-refractivity contribution in [2.45, 2.75) is 0 Å². The highest BCUT2D eigenvalue weighted by atomic mass is 35.5. The van der Waals surface area contributed by atoms with Gasteiger partial charge in [-0.15, -0.1) is 0 Å². The quantitative estimate of drug-likeness (QED) is 0.602. The molecule has 3 aromatic carbocycles. The molecule has 120 valence electrons. The van der Waals surface area contributed by atoms with Crippen molar-refractivity contribution in [2.75, 3.05) is 10.6 Å². The minimum atomic E-state index is -0.138. The van der Waals surface area contributed by atoms with Gasteiger partial charge in [0.1, 0.15) is 0 Å². The molecule has 0 fully saturated rings. The second-order valence-electron chi connectivity index (χ2n) is 5.15. The van der Waals surface area contributed by atoms with Crippen LogP contribution in [0.25, 0.3) is 0 Å². The highest BCUT2D eigenvalue weighted by Gasteiger charge is 2.05. The monoisotopic (exact) mass is 356 g/mol. The summed E-state index contributed by atoms with van der Waals surface area (Å²) in [7, 11) is 0. The smallest absolute Gasteiger partial charge is 0.255 e. The molecule has 0 spiro atoms. The van der Waals surface area contributed by atoms with Gasteiger partial charge >= 0.3 is 0 Å². The van der Waals surface area contributed by atoms with Gasteiger partial charge in [-0.3, -0.25) is 4.79 Å². The highest BCUT2D eigenvalue weighted by Crippen LogP contribution is 2.27. The van der Waals surface area contributed by atoms with Crippen molar-refractivity contribution in [3.8, 4) is 0 Å². The van der Waals surface area contributed by atoms with Gasteiger partial charge in [0.05, 0.1) is 10.0 Å². The zero-order chi connectivity index (χ0) is 16.9. The fourth-order valence-electron chi connectivity index (χ4n) is 2.17. The van der Waals surface area contributed by atoms with Crippen LogP contribution in [-0.2, 0) is 0 Å². The summed E-state index contributed by atoms with van der Waals surface area (Å²) in [5.41, 5.74) is 3.07. The SMILES string of the molecule is O=C(Nc1ccc(Nc2ccc(Cl)c(Cl)c2)cc1)c1ccccc1. The summed E-state index contributed by atoms with van der Waals surface area (Å²) in [6.07, 6.45) is 0. The number of nitrogens with one attached hydrogen (secondary N) is 2. The third kappa shape index (κ3) is 4.07. The molecule has 3 aromatic rings. The van der Waals surface area contributed by atoms with Crippen molar-refractivity contribution in [3.63, 3.8) is 0 Å². The molecule has 0 unspecified atom stereocenters. The van der Waals surface area contributed by atoms with Crippen LogP contribution < -0.4 is 10.6 Å². The lowest BCUT2D eigenvalue weighted by Crippen LogP contribution is -2.11. The first-order chi connectivity index (χ1) is 11.6. The summed E-state index contributed by atoms with van der Waals surface area (Å²) < 4.78 is 0. The predicted octanol–water partition coefficient (Wildman–Crippen LogP) is 5.99. The number of hydrogen-bond donors (Lipinski definition) is 2. The molecule has 24 heavy (non-hydrogen) atoms. The first kappa shape index (κ1) is 16.4. The van der Waals surface area contributed by atoms with E-state index in [0.717, 1.165) is 17.1 Å². The summed E-state index contributed by atoms with van der Waals surface area (Å²) in [6.45, 7) is 0. The van der Waals surface area contributed by atoms with Gasteiger partial charge in [-0.1, -0.05) is 41.4 Å². The summed E-state index contributed by atoms with van der Waals surface area (Å²) in [5, 5.41) is 7.10. The first-order valence-corrected chi connectivity index (χ1v) is 8.06. The molecular weight excluding hydrogens is 343 g/mol. The molecule has 3 nitrogen and oxygen atoms in total. The van der Waals surface area contributed by atoms with Crippen LogP contribution >= 0.6 is 23.2 Å². The molecule has 0 radical (unpaired) electrons. The van der Waals surface area contributed by atoms with Gasteiger partial charge in [0, 0.05) is 22.6 Å². The van der Waals surface area contributed by atoms with E-state index in [2.05, 4.69) is 10.6 Å². The molecule has 2 N–H and O–H groups in total. The number of hydrogen-bond acceptors (Lipinski definition) is 2. The second kappa shape index (κ2) is 7.39. The van der Waals surface area contributed by atoms with Crippen LogP contribution in [0, 0.1) is 0 Å². The lowest BCUT2D eigenvalue weighted by molar-refractivity contribution is 0.102. The average Bonchev–Trinajstić information content (AvgIpc) is 2.61. The lowest BCUT2D eigenvalue weighted by Gasteiger charge is -2.09. The first-order valence-electron chi connectivity index (χ1n) is 7.30. The van der Waals surface area contributed by atoms with Gasteiger partial charge in [0.2, 0.25) is 0 Å². The van der Waals surface area contributed by atoms with Crippen LogP contribution in [0.4, 0.5) is 17.1 Å². The Morgan fingerprint density at radius 2 is 1.33 bits per heavy atom. The van der Waals surface area contributed by atoms with E-state index in [0.29, 0.717) is 15.6 Å². The van der Waals surface area contributed by atoms with Crippen LogP contribution in [-0.4, -0.2) is 5.91 Å². The number of amides is 1. The van der Waals surface area contributed by atoms with E-state index in [1.54, 1.807) is 24.3 Å². The molecule has 0 aliphatic carbocycles. The summed E-state index contributed by atoms with van der Waals surface area (Å²) in [6, 6.07) is 21.9. The van der Waals surface area contributed by atoms with Crippen LogP contribution in [0.2, 0.25) is 10.0 Å². The number of rotatable bonds is 4. The Kier molecular flexibility index (Phi) is 5.04. The lowest BCUT2D eigenvalue weighted by atomic mass is 10.2. The standard InChI is InChI=1S/C19H14Cl2N2O/c20-17-11-10-16(12-18(17)21)22-14-6-8-15(9-7-14)23-19(24)13-4-2-1-3-5-13/h1-12,22H,(H,23,24). The third-order valence-electron chi connectivity index (χ3n) is 3.39. The molecule has 0 saturated heterocycles. The zero-order valence-electron chi connectivity index (χ0n) is 12.6. The molecule has 5 heteroatoms. The molecule has 0 atom stereocenters. The second-order valence-corrected chi connectivity index (χ2v) is 5.97. The number of halogens is 2. The van der Waals surface area contributed by atoms with E-state index in [1.807, 2.05) is 48.5 Å². The summed E-state index contributed by atoms with van der Waals surface area (Å²) >= 11 is 11.9. The molecule has 1 amide bonds. The molecule has 3 rings (SSSR count). The zero-order valence-corrected chi connectivity index (χ0v) is 14.1. The molecule has 0 aliphatic heterocycles. The van der Waals surface area contributed by atoms with E-state index in [4.69, 9.17) is 23.2 Å². The van der Waals surface area contributed by atoms with Gasteiger partial charge in [0.15, 0.2) is 0 Å². The van der Waals surface area contributed by atoms with E-state index >= 15 is 0 Å². The number of carbonyl (C=O) groups excluding carboxylic acids is 1. The number of carbonyl (C=O) groups is 1. The van der Waals surface area contributed by atoms with Gasteiger partial charge in [-0.05, 0) is 54.6 Å². The van der Waals surface area contributed by atoms with Crippen molar-refractivity contribution in [2.24, 2.45) is 0 Å². The fourth-order valence-corrected chi connectivity index (χ4v) is 2.47. The molecule has 0 saturated carbocycles. The normalized spacial score (nSPS) is 10.2. The maximum atomic E-state index is 12.1. The third-order valence-corrected chi connectivity index (χ3v) is 4.13. The Morgan fingerprint density at radius 3 is 2.00 bits per heavy atom. The number of benzene rings is 3. The number of anilines is 3. The van der Waals surface area contributed by atoms with Crippen molar-refractivity contribution in [1.82, 2.24) is 0 Å². The maximum absolute atomic E-state index is 12.1. The molecule has 0 aromatic heterocycles. The molecular formula is C19H14Cl2N2O. The van der Waals surface area contributed by atoms with Crippen LogP contribution in [0.5, 0.6) is 0 Å². The molecule has 0 heterocycles. The van der Waals surface area contributed by atoms with E-state index in [1.165, 1.54) is 0 Å². The van der Waals surface area contributed by atoms with E-state index in [-0.39, 0.29) is 5.91 Å². The molecule has 0 bridgehead atoms. The van der Waals surface area contributed by atoms with Crippen molar-refractivity contribution in [3.05, 3.63) is 88.4 Å². The van der Waals surface area contributed by atoms with Crippen LogP contribution in [0.3, 0.4) is 0 Å². The Balaban J connectivity index is 1.67. The Bertz CT molecular complexity index is 849. The minimum Gasteiger partial charge on any atom is -0.355 e. The Morgan fingerprint density at radius 1 is 0.708 bits per heavy atom. The minimum absolute atomic E-state index is 0.138. The Hall–Kier alpha value is -2.49. The molecule has 0 aliphatic rings. The maximum Gasteiger partial charge on any atom is 0.255 e. The van der Waals surface area contributed by atoms with Gasteiger partial charge in [0.25, 0.3) is 5.91 Å². The van der Waals surface area contributed by atoms with Gasteiger partial charge in [-0.25, -0.2) is 0 Å². The average molecular weight is 357 g/mol. The van der Waals surface area contributed by atoms with Crippen molar-refractivity contribution >= 4 is 46.2 Å². The van der Waals surface area contributed by atoms with Crippen LogP contribution in [0.15, 0.2) is 72.8 Å². The van der Waals surface area contributed by atoms with Gasteiger partial charge < -0.3 is 10.6 Å². The fraction of sp³-hybridized carbons (Fsp3) is 0. The Labute approximate surface area is 150 Å². The predicted molar refractivity (Wildman–Crippen MR) is 101 cm³/mol.